The van der Waals surface area contributed by atoms with E-state index in [-0.39, 0.29) is 25.8 Å². The van der Waals surface area contributed by atoms with Crippen LogP contribution in [-0.4, -0.2) is 42.5 Å². The second kappa shape index (κ2) is 6.62. The van der Waals surface area contributed by atoms with Crippen LogP contribution < -0.4 is 10.6 Å². The fourth-order valence-electron chi connectivity index (χ4n) is 1.00. The maximum atomic E-state index is 11.1. The molecule has 0 spiro atoms. The summed E-state index contributed by atoms with van der Waals surface area (Å²) in [5.41, 5.74) is -0.606. The van der Waals surface area contributed by atoms with Crippen LogP contribution in [0.1, 0.15) is 20.3 Å². The van der Waals surface area contributed by atoms with E-state index in [9.17, 15) is 4.79 Å². The lowest BCUT2D eigenvalue weighted by Gasteiger charge is -2.28. The molecule has 0 saturated heterocycles. The van der Waals surface area contributed by atoms with Gasteiger partial charge in [0.2, 0.25) is 0 Å². The predicted molar refractivity (Wildman–Crippen MR) is 54.0 cm³/mol. The zero-order valence-electron chi connectivity index (χ0n) is 8.84. The molecule has 0 aromatic rings. The van der Waals surface area contributed by atoms with Crippen LogP contribution in [0.25, 0.3) is 0 Å². The highest BCUT2D eigenvalue weighted by Gasteiger charge is 2.26. The molecule has 0 aromatic heterocycles. The van der Waals surface area contributed by atoms with Crippen molar-refractivity contribution in [1.82, 2.24) is 10.6 Å². The molecule has 0 heterocycles. The summed E-state index contributed by atoms with van der Waals surface area (Å²) in [6, 6.07) is -0.271. The van der Waals surface area contributed by atoms with Gasteiger partial charge in [0.05, 0.1) is 13.2 Å². The molecule has 0 atom stereocenters. The SMILES string of the molecule is CCNC(=O)NCC(CC)(CO)CO. The van der Waals surface area contributed by atoms with Gasteiger partial charge in [-0.15, -0.1) is 0 Å². The summed E-state index contributed by atoms with van der Waals surface area (Å²) in [4.78, 5) is 11.1. The summed E-state index contributed by atoms with van der Waals surface area (Å²) in [7, 11) is 0. The zero-order chi connectivity index (χ0) is 11.0. The van der Waals surface area contributed by atoms with Crippen LogP contribution >= 0.6 is 0 Å². The van der Waals surface area contributed by atoms with E-state index < -0.39 is 5.41 Å². The molecule has 0 radical (unpaired) electrons. The van der Waals surface area contributed by atoms with Gasteiger partial charge >= 0.3 is 6.03 Å². The van der Waals surface area contributed by atoms with Crippen LogP contribution in [0.5, 0.6) is 0 Å². The van der Waals surface area contributed by atoms with Crippen molar-refractivity contribution in [3.05, 3.63) is 0 Å². The Bertz CT molecular complexity index is 161. The van der Waals surface area contributed by atoms with Gasteiger partial charge in [-0.05, 0) is 13.3 Å². The first-order chi connectivity index (χ1) is 6.64. The fraction of sp³-hybridized carbons (Fsp3) is 0.889. The Morgan fingerprint density at radius 3 is 2.14 bits per heavy atom. The predicted octanol–water partition coefficient (Wildman–Crippen LogP) is -0.314. The Morgan fingerprint density at radius 1 is 1.21 bits per heavy atom. The molecule has 0 fully saturated rings. The van der Waals surface area contributed by atoms with E-state index in [0.29, 0.717) is 13.0 Å². The number of aliphatic hydroxyl groups excluding tert-OH is 2. The van der Waals surface area contributed by atoms with Gasteiger partial charge in [0.15, 0.2) is 0 Å². The third kappa shape index (κ3) is 3.93. The van der Waals surface area contributed by atoms with Gasteiger partial charge in [0.1, 0.15) is 0 Å². The molecule has 0 aliphatic rings. The number of aliphatic hydroxyl groups is 2. The Hall–Kier alpha value is -0.810. The molecule has 0 aliphatic carbocycles. The van der Waals surface area contributed by atoms with Crippen molar-refractivity contribution in [3.63, 3.8) is 0 Å². The first-order valence-electron chi connectivity index (χ1n) is 4.87. The molecule has 0 saturated carbocycles. The average molecular weight is 204 g/mol. The highest BCUT2D eigenvalue weighted by atomic mass is 16.3. The number of urea groups is 1. The first-order valence-corrected chi connectivity index (χ1v) is 4.87. The molecular formula is C9H20N2O3. The second-order valence-corrected chi connectivity index (χ2v) is 3.38. The molecule has 14 heavy (non-hydrogen) atoms. The molecule has 4 N–H and O–H groups in total. The molecule has 0 aromatic carbocycles. The van der Waals surface area contributed by atoms with E-state index in [1.165, 1.54) is 0 Å². The summed E-state index contributed by atoms with van der Waals surface area (Å²) in [6.45, 7) is 4.26. The third-order valence-corrected chi connectivity index (χ3v) is 2.38. The van der Waals surface area contributed by atoms with Crippen molar-refractivity contribution in [2.24, 2.45) is 5.41 Å². The maximum Gasteiger partial charge on any atom is 0.314 e. The van der Waals surface area contributed by atoms with Crippen LogP contribution in [0.4, 0.5) is 4.79 Å². The van der Waals surface area contributed by atoms with Gasteiger partial charge in [0, 0.05) is 18.5 Å². The zero-order valence-corrected chi connectivity index (χ0v) is 8.84. The Balaban J connectivity index is 3.99. The maximum absolute atomic E-state index is 11.1. The molecule has 5 heteroatoms. The standard InChI is InChI=1S/C9H20N2O3/c1-3-9(6-12,7-13)5-11-8(14)10-4-2/h12-13H,3-7H2,1-2H3,(H2,10,11,14). The van der Waals surface area contributed by atoms with Gasteiger partial charge < -0.3 is 20.8 Å². The van der Waals surface area contributed by atoms with Crippen LogP contribution in [0, 0.1) is 5.41 Å². The second-order valence-electron chi connectivity index (χ2n) is 3.38. The van der Waals surface area contributed by atoms with Crippen molar-refractivity contribution in [2.75, 3.05) is 26.3 Å². The van der Waals surface area contributed by atoms with Gasteiger partial charge in [-0.25, -0.2) is 4.79 Å². The van der Waals surface area contributed by atoms with E-state index >= 15 is 0 Å². The van der Waals surface area contributed by atoms with Gasteiger partial charge in [0.25, 0.3) is 0 Å². The molecule has 0 bridgehead atoms. The number of nitrogens with one attached hydrogen (secondary N) is 2. The minimum absolute atomic E-state index is 0.133. The number of carbonyl (C=O) groups is 1. The first kappa shape index (κ1) is 13.2. The molecule has 0 unspecified atom stereocenters. The normalized spacial score (nSPS) is 11.1. The van der Waals surface area contributed by atoms with Gasteiger partial charge in [-0.2, -0.15) is 0 Å². The highest BCUT2D eigenvalue weighted by Crippen LogP contribution is 2.18. The Morgan fingerprint density at radius 2 is 1.79 bits per heavy atom. The van der Waals surface area contributed by atoms with E-state index in [1.807, 2.05) is 13.8 Å². The Kier molecular flexibility index (Phi) is 6.23. The van der Waals surface area contributed by atoms with Crippen LogP contribution in [-0.2, 0) is 0 Å². The third-order valence-electron chi connectivity index (χ3n) is 2.38. The summed E-state index contributed by atoms with van der Waals surface area (Å²) in [6.07, 6.45) is 0.617. The molecule has 0 aliphatic heterocycles. The minimum Gasteiger partial charge on any atom is -0.396 e. The topological polar surface area (TPSA) is 81.6 Å². The quantitative estimate of drug-likeness (QED) is 0.479. The molecule has 0 rings (SSSR count). The van der Waals surface area contributed by atoms with Gasteiger partial charge in [-0.1, -0.05) is 6.92 Å². The van der Waals surface area contributed by atoms with Crippen molar-refractivity contribution in [2.45, 2.75) is 20.3 Å². The number of rotatable bonds is 6. The van der Waals surface area contributed by atoms with Crippen molar-refractivity contribution in [1.29, 1.82) is 0 Å². The monoisotopic (exact) mass is 204 g/mol. The molecule has 84 valence electrons. The number of carbonyl (C=O) groups excluding carboxylic acids is 1. The summed E-state index contributed by atoms with van der Waals surface area (Å²) in [5, 5.41) is 23.4. The minimum atomic E-state index is -0.606. The van der Waals surface area contributed by atoms with Crippen molar-refractivity contribution >= 4 is 6.03 Å². The molecule has 5 nitrogen and oxygen atoms in total. The van der Waals surface area contributed by atoms with E-state index in [1.54, 1.807) is 0 Å². The van der Waals surface area contributed by atoms with E-state index in [0.717, 1.165) is 0 Å². The number of hydrogen-bond donors (Lipinski definition) is 4. The summed E-state index contributed by atoms with van der Waals surface area (Å²) < 4.78 is 0. The molecular weight excluding hydrogens is 184 g/mol. The summed E-state index contributed by atoms with van der Waals surface area (Å²) in [5.74, 6) is 0. The van der Waals surface area contributed by atoms with Crippen LogP contribution in [0.15, 0.2) is 0 Å². The van der Waals surface area contributed by atoms with E-state index in [4.69, 9.17) is 10.2 Å². The summed E-state index contributed by atoms with van der Waals surface area (Å²) >= 11 is 0. The van der Waals surface area contributed by atoms with Crippen LogP contribution in [0.2, 0.25) is 0 Å². The smallest absolute Gasteiger partial charge is 0.314 e. The molecule has 2 amide bonds. The lowest BCUT2D eigenvalue weighted by atomic mass is 9.87. The average Bonchev–Trinajstić information content (AvgIpc) is 2.21. The lowest BCUT2D eigenvalue weighted by Crippen LogP contribution is -2.45. The number of amides is 2. The highest BCUT2D eigenvalue weighted by molar-refractivity contribution is 5.73. The van der Waals surface area contributed by atoms with Crippen molar-refractivity contribution < 1.29 is 15.0 Å². The number of hydrogen-bond acceptors (Lipinski definition) is 3. The van der Waals surface area contributed by atoms with Gasteiger partial charge in [-0.3, -0.25) is 0 Å². The largest absolute Gasteiger partial charge is 0.396 e. The van der Waals surface area contributed by atoms with E-state index in [2.05, 4.69) is 10.6 Å². The fourth-order valence-corrected chi connectivity index (χ4v) is 1.00. The van der Waals surface area contributed by atoms with Crippen LogP contribution in [0.3, 0.4) is 0 Å². The van der Waals surface area contributed by atoms with Crippen molar-refractivity contribution in [3.8, 4) is 0 Å². The Labute approximate surface area is 84.5 Å². The lowest BCUT2D eigenvalue weighted by molar-refractivity contribution is 0.0532.